The Hall–Kier alpha value is -6.53. The van der Waals surface area contributed by atoms with Gasteiger partial charge in [-0.15, -0.1) is 0 Å². The Balaban J connectivity index is 1.28. The van der Waals surface area contributed by atoms with E-state index in [4.69, 9.17) is 19.9 Å². The quantitative estimate of drug-likeness (QED) is 0.184. The predicted molar refractivity (Wildman–Crippen MR) is 188 cm³/mol. The highest BCUT2D eigenvalue weighted by Gasteiger charge is 2.21. The maximum atomic E-state index is 14.0. The number of nitrogens with zero attached hydrogens (tertiary/aromatic N) is 5. The van der Waals surface area contributed by atoms with E-state index in [0.29, 0.717) is 28.7 Å². The van der Waals surface area contributed by atoms with E-state index in [0.717, 1.165) is 55.2 Å². The predicted octanol–water partition coefficient (Wildman–Crippen LogP) is 8.96. The second-order valence-electron chi connectivity index (χ2n) is 11.5. The fourth-order valence-electron chi connectivity index (χ4n) is 6.43. The molecule has 6 nitrogen and oxygen atoms in total. The minimum Gasteiger partial charge on any atom is -0.268 e. The van der Waals surface area contributed by atoms with Gasteiger partial charge in [-0.2, -0.15) is 0 Å². The molecular formula is C41H25N5O. The maximum absolute atomic E-state index is 14.0. The second-order valence-corrected chi connectivity index (χ2v) is 11.5. The summed E-state index contributed by atoms with van der Waals surface area (Å²) >= 11 is 0. The highest BCUT2D eigenvalue weighted by Crippen LogP contribution is 2.38. The van der Waals surface area contributed by atoms with Crippen molar-refractivity contribution in [3.63, 3.8) is 0 Å². The van der Waals surface area contributed by atoms with Gasteiger partial charge in [-0.1, -0.05) is 133 Å². The van der Waals surface area contributed by atoms with Crippen LogP contribution in [0.1, 0.15) is 0 Å². The largest absolute Gasteiger partial charge is 0.268 e. The number of hydrogen-bond acceptors (Lipinski definition) is 5. The van der Waals surface area contributed by atoms with Gasteiger partial charge in [0.15, 0.2) is 17.5 Å². The van der Waals surface area contributed by atoms with Gasteiger partial charge in [0, 0.05) is 33.0 Å². The van der Waals surface area contributed by atoms with E-state index in [2.05, 4.69) is 18.2 Å². The SMILES string of the molecule is O=c1c2ccccc2c2c(-c3cccc(-c4nc(-c5ccccc5)nc(-c5ccccc5)n4)c3)ccc3nc(-c4ccccc4)n1c32. The molecule has 3 heterocycles. The Morgan fingerprint density at radius 1 is 0.426 bits per heavy atom. The lowest BCUT2D eigenvalue weighted by atomic mass is 9.95. The Labute approximate surface area is 269 Å². The molecule has 47 heavy (non-hydrogen) atoms. The van der Waals surface area contributed by atoms with Crippen LogP contribution in [0.15, 0.2) is 156 Å². The molecular weight excluding hydrogens is 578 g/mol. The fraction of sp³-hybridized carbons (Fsp3) is 0. The summed E-state index contributed by atoms with van der Waals surface area (Å²) in [5, 5.41) is 2.53. The average molecular weight is 604 g/mol. The molecule has 0 spiro atoms. The molecule has 9 aromatic rings. The summed E-state index contributed by atoms with van der Waals surface area (Å²) in [6.07, 6.45) is 0. The van der Waals surface area contributed by atoms with Gasteiger partial charge < -0.3 is 0 Å². The molecule has 3 aromatic heterocycles. The minimum atomic E-state index is -0.0765. The molecule has 0 aliphatic rings. The van der Waals surface area contributed by atoms with Crippen LogP contribution >= 0.6 is 0 Å². The number of imidazole rings is 1. The van der Waals surface area contributed by atoms with Crippen LogP contribution in [0.2, 0.25) is 0 Å². The monoisotopic (exact) mass is 603 g/mol. The van der Waals surface area contributed by atoms with Crippen molar-refractivity contribution in [1.82, 2.24) is 24.3 Å². The van der Waals surface area contributed by atoms with Crippen LogP contribution in [0, 0.1) is 0 Å². The third-order valence-corrected chi connectivity index (χ3v) is 8.61. The van der Waals surface area contributed by atoms with Gasteiger partial charge >= 0.3 is 0 Å². The van der Waals surface area contributed by atoms with Crippen molar-refractivity contribution in [2.45, 2.75) is 0 Å². The molecule has 0 saturated heterocycles. The number of fused-ring (bicyclic) bond motifs is 2. The van der Waals surface area contributed by atoms with E-state index in [1.165, 1.54) is 0 Å². The van der Waals surface area contributed by atoms with E-state index in [-0.39, 0.29) is 5.56 Å². The molecule has 0 saturated carbocycles. The first kappa shape index (κ1) is 26.8. The van der Waals surface area contributed by atoms with Gasteiger partial charge in [-0.25, -0.2) is 19.9 Å². The number of hydrogen-bond donors (Lipinski definition) is 0. The molecule has 6 heteroatoms. The van der Waals surface area contributed by atoms with Crippen LogP contribution in [0.3, 0.4) is 0 Å². The molecule has 220 valence electrons. The highest BCUT2D eigenvalue weighted by molar-refractivity contribution is 6.17. The van der Waals surface area contributed by atoms with Gasteiger partial charge in [0.2, 0.25) is 0 Å². The molecule has 6 aromatic carbocycles. The lowest BCUT2D eigenvalue weighted by molar-refractivity contribution is 1.07. The molecule has 0 N–H and O–H groups in total. The Bertz CT molecular complexity index is 2580. The summed E-state index contributed by atoms with van der Waals surface area (Å²) in [6.45, 7) is 0. The molecule has 9 rings (SSSR count). The second kappa shape index (κ2) is 10.8. The summed E-state index contributed by atoms with van der Waals surface area (Å²) in [5.41, 5.74) is 7.10. The molecule has 0 atom stereocenters. The van der Waals surface area contributed by atoms with Crippen molar-refractivity contribution < 1.29 is 0 Å². The van der Waals surface area contributed by atoms with E-state index < -0.39 is 0 Å². The molecule has 0 aliphatic carbocycles. The van der Waals surface area contributed by atoms with Crippen LogP contribution in [-0.4, -0.2) is 24.3 Å². The Morgan fingerprint density at radius 3 is 1.57 bits per heavy atom. The van der Waals surface area contributed by atoms with Crippen molar-refractivity contribution in [1.29, 1.82) is 0 Å². The zero-order valence-corrected chi connectivity index (χ0v) is 25.1. The Morgan fingerprint density at radius 2 is 0.936 bits per heavy atom. The van der Waals surface area contributed by atoms with Crippen LogP contribution < -0.4 is 5.56 Å². The average Bonchev–Trinajstić information content (AvgIpc) is 3.55. The van der Waals surface area contributed by atoms with Gasteiger partial charge in [-0.3, -0.25) is 9.20 Å². The first-order valence-corrected chi connectivity index (χ1v) is 15.5. The lowest BCUT2D eigenvalue weighted by Gasteiger charge is -2.13. The smallest absolute Gasteiger partial charge is 0.264 e. The van der Waals surface area contributed by atoms with Crippen LogP contribution in [0.4, 0.5) is 0 Å². The summed E-state index contributed by atoms with van der Waals surface area (Å²) < 4.78 is 1.78. The standard InChI is InChI=1S/C41H25N5O/c47-41-33-22-11-10-21-32(33)35-31(23-24-34-36(35)46(41)40(42-34)28-17-8-3-9-18-28)29-19-12-20-30(25-29)39-44-37(26-13-4-1-5-14-26)43-38(45-39)27-15-6-2-7-16-27/h1-25H. The summed E-state index contributed by atoms with van der Waals surface area (Å²) in [7, 11) is 0. The molecule has 0 unspecified atom stereocenters. The third-order valence-electron chi connectivity index (χ3n) is 8.61. The van der Waals surface area contributed by atoms with Gasteiger partial charge in [0.05, 0.1) is 11.0 Å². The molecule has 0 radical (unpaired) electrons. The van der Waals surface area contributed by atoms with Crippen LogP contribution in [0.5, 0.6) is 0 Å². The normalized spacial score (nSPS) is 11.5. The minimum absolute atomic E-state index is 0.0765. The van der Waals surface area contributed by atoms with Crippen molar-refractivity contribution in [3.05, 3.63) is 162 Å². The van der Waals surface area contributed by atoms with Crippen LogP contribution in [-0.2, 0) is 0 Å². The Kier molecular flexibility index (Phi) is 6.18. The van der Waals surface area contributed by atoms with Crippen molar-refractivity contribution in [3.8, 4) is 56.7 Å². The lowest BCUT2D eigenvalue weighted by Crippen LogP contribution is -2.14. The topological polar surface area (TPSA) is 73.0 Å². The van der Waals surface area contributed by atoms with Crippen molar-refractivity contribution in [2.75, 3.05) is 0 Å². The number of pyridine rings is 1. The first-order chi connectivity index (χ1) is 23.2. The van der Waals surface area contributed by atoms with E-state index in [9.17, 15) is 4.79 Å². The fourth-order valence-corrected chi connectivity index (χ4v) is 6.43. The van der Waals surface area contributed by atoms with E-state index >= 15 is 0 Å². The molecule has 0 bridgehead atoms. The summed E-state index contributed by atoms with van der Waals surface area (Å²) in [4.78, 5) is 33.8. The molecule has 0 fully saturated rings. The third kappa shape index (κ3) is 4.46. The van der Waals surface area contributed by atoms with Crippen molar-refractivity contribution in [2.24, 2.45) is 0 Å². The van der Waals surface area contributed by atoms with Gasteiger partial charge in [-0.05, 0) is 34.7 Å². The molecule has 0 amide bonds. The number of rotatable bonds is 5. The summed E-state index contributed by atoms with van der Waals surface area (Å²) in [6, 6.07) is 50.0. The first-order valence-electron chi connectivity index (χ1n) is 15.5. The molecule has 0 aliphatic heterocycles. The van der Waals surface area contributed by atoms with Crippen LogP contribution in [0.25, 0.3) is 83.9 Å². The highest BCUT2D eigenvalue weighted by atomic mass is 16.1. The van der Waals surface area contributed by atoms with Crippen molar-refractivity contribution >= 4 is 27.2 Å². The zero-order chi connectivity index (χ0) is 31.3. The maximum Gasteiger partial charge on any atom is 0.264 e. The number of benzene rings is 6. The van der Waals surface area contributed by atoms with E-state index in [1.807, 2.05) is 133 Å². The van der Waals surface area contributed by atoms with E-state index in [1.54, 1.807) is 4.40 Å². The zero-order valence-electron chi connectivity index (χ0n) is 25.1. The van der Waals surface area contributed by atoms with Gasteiger partial charge in [0.25, 0.3) is 5.56 Å². The van der Waals surface area contributed by atoms with Gasteiger partial charge in [0.1, 0.15) is 5.82 Å². The number of aromatic nitrogens is 5. The summed E-state index contributed by atoms with van der Waals surface area (Å²) in [5.74, 6) is 2.45.